The van der Waals surface area contributed by atoms with Gasteiger partial charge >= 0.3 is 6.18 Å². The molecule has 0 spiro atoms. The summed E-state index contributed by atoms with van der Waals surface area (Å²) in [5.41, 5.74) is 1.61. The van der Waals surface area contributed by atoms with Gasteiger partial charge in [-0.25, -0.2) is 0 Å². The number of nitrogens with zero attached hydrogens (tertiary/aromatic N) is 6. The number of aryl methyl sites for hydroxylation is 1. The van der Waals surface area contributed by atoms with E-state index in [-0.39, 0.29) is 11.4 Å². The molecule has 0 aliphatic carbocycles. The molecule has 1 aliphatic heterocycles. The highest BCUT2D eigenvalue weighted by Crippen LogP contribution is 2.31. The summed E-state index contributed by atoms with van der Waals surface area (Å²) in [7, 11) is 0. The second kappa shape index (κ2) is 9.59. The molecule has 4 aromatic rings. The molecule has 2 aromatic heterocycles. The fraction of sp³-hybridized carbons (Fsp3) is 0.333. The van der Waals surface area contributed by atoms with E-state index in [1.807, 2.05) is 31.2 Å². The number of benzene rings is 2. The Morgan fingerprint density at radius 1 is 0.771 bits per heavy atom. The lowest BCUT2D eigenvalue weighted by molar-refractivity contribution is -0.137. The highest BCUT2D eigenvalue weighted by atomic mass is 19.4. The van der Waals surface area contributed by atoms with Crippen molar-refractivity contribution in [3.8, 4) is 22.8 Å². The van der Waals surface area contributed by atoms with Crippen LogP contribution in [0.5, 0.6) is 0 Å². The molecule has 1 aliphatic rings. The first-order valence-electron chi connectivity index (χ1n) is 11.2. The lowest BCUT2D eigenvalue weighted by Crippen LogP contribution is -2.45. The van der Waals surface area contributed by atoms with Crippen LogP contribution in [0.15, 0.2) is 57.6 Å². The van der Waals surface area contributed by atoms with E-state index >= 15 is 0 Å². The van der Waals surface area contributed by atoms with Gasteiger partial charge in [0.25, 0.3) is 0 Å². The number of aromatic nitrogens is 4. The Bertz CT molecular complexity index is 1280. The monoisotopic (exact) mass is 484 g/mol. The maximum atomic E-state index is 13.0. The quantitative estimate of drug-likeness (QED) is 0.397. The molecular weight excluding hydrogens is 461 g/mol. The number of hydrogen-bond acceptors (Lipinski definition) is 8. The van der Waals surface area contributed by atoms with Gasteiger partial charge in [0.1, 0.15) is 0 Å². The normalized spacial score (nSPS) is 15.5. The number of hydrogen-bond donors (Lipinski definition) is 0. The third kappa shape index (κ3) is 5.57. The minimum atomic E-state index is -4.42. The Hall–Kier alpha value is -3.57. The molecule has 11 heteroatoms. The van der Waals surface area contributed by atoms with E-state index in [1.54, 1.807) is 0 Å². The topological polar surface area (TPSA) is 84.3 Å². The van der Waals surface area contributed by atoms with Crippen molar-refractivity contribution < 1.29 is 22.2 Å². The predicted molar refractivity (Wildman–Crippen MR) is 120 cm³/mol. The first-order chi connectivity index (χ1) is 16.8. The summed E-state index contributed by atoms with van der Waals surface area (Å²) >= 11 is 0. The highest BCUT2D eigenvalue weighted by Gasteiger charge is 2.31. The summed E-state index contributed by atoms with van der Waals surface area (Å²) in [6.07, 6.45) is -4.42. The largest absolute Gasteiger partial charge is 0.416 e. The fourth-order valence-corrected chi connectivity index (χ4v) is 3.90. The summed E-state index contributed by atoms with van der Waals surface area (Å²) in [5.74, 6) is 1.65. The first-order valence-corrected chi connectivity index (χ1v) is 11.2. The van der Waals surface area contributed by atoms with E-state index in [0.717, 1.165) is 43.9 Å². The molecular formula is C24H23F3N6O2. The molecule has 35 heavy (non-hydrogen) atoms. The van der Waals surface area contributed by atoms with Crippen LogP contribution in [0.3, 0.4) is 0 Å². The van der Waals surface area contributed by atoms with Gasteiger partial charge < -0.3 is 9.05 Å². The zero-order valence-corrected chi connectivity index (χ0v) is 19.0. The molecule has 1 saturated heterocycles. The van der Waals surface area contributed by atoms with Gasteiger partial charge in [-0.1, -0.05) is 52.3 Å². The molecule has 3 heterocycles. The molecule has 2 aromatic carbocycles. The van der Waals surface area contributed by atoms with Crippen LogP contribution in [0.25, 0.3) is 22.8 Å². The Labute approximate surface area is 199 Å². The summed E-state index contributed by atoms with van der Waals surface area (Å²) < 4.78 is 49.6. The Balaban J connectivity index is 1.14. The van der Waals surface area contributed by atoms with Crippen molar-refractivity contribution in [1.82, 2.24) is 30.1 Å². The Morgan fingerprint density at radius 3 is 1.86 bits per heavy atom. The second-order valence-electron chi connectivity index (χ2n) is 8.52. The van der Waals surface area contributed by atoms with Gasteiger partial charge in [0.05, 0.1) is 18.7 Å². The van der Waals surface area contributed by atoms with Crippen molar-refractivity contribution in [2.24, 2.45) is 0 Å². The summed E-state index contributed by atoms with van der Waals surface area (Å²) in [6.45, 7) is 6.12. The van der Waals surface area contributed by atoms with Gasteiger partial charge in [0.2, 0.25) is 23.4 Å². The standard InChI is InChI=1S/C24H23F3N6O2/c1-16-5-7-17(8-6-16)22-28-20(34-30-22)14-32-9-11-33(12-10-32)15-21-29-23(31-35-21)18-3-2-4-19(13-18)24(25,26)27/h2-8,13H,9-12,14-15H2,1H3. The molecule has 1 fully saturated rings. The number of piperazine rings is 1. The van der Waals surface area contributed by atoms with Crippen LogP contribution in [0, 0.1) is 6.92 Å². The smallest absolute Gasteiger partial charge is 0.338 e. The first kappa shape index (κ1) is 23.2. The third-order valence-electron chi connectivity index (χ3n) is 5.88. The van der Waals surface area contributed by atoms with Gasteiger partial charge in [-0.2, -0.15) is 23.1 Å². The lowest BCUT2D eigenvalue weighted by Gasteiger charge is -2.32. The van der Waals surface area contributed by atoms with Gasteiger partial charge in [0.15, 0.2) is 0 Å². The summed E-state index contributed by atoms with van der Waals surface area (Å²) in [5, 5.41) is 7.95. The second-order valence-corrected chi connectivity index (χ2v) is 8.52. The molecule has 0 bridgehead atoms. The van der Waals surface area contributed by atoms with E-state index in [9.17, 15) is 13.2 Å². The minimum absolute atomic E-state index is 0.144. The zero-order valence-electron chi connectivity index (χ0n) is 19.0. The summed E-state index contributed by atoms with van der Waals surface area (Å²) in [6, 6.07) is 12.9. The molecule has 0 unspecified atom stereocenters. The molecule has 5 rings (SSSR count). The van der Waals surface area contributed by atoms with Gasteiger partial charge in [-0.05, 0) is 19.1 Å². The minimum Gasteiger partial charge on any atom is -0.338 e. The van der Waals surface area contributed by atoms with Crippen LogP contribution >= 0.6 is 0 Å². The molecule has 182 valence electrons. The third-order valence-corrected chi connectivity index (χ3v) is 5.88. The SMILES string of the molecule is Cc1ccc(-c2noc(CN3CCN(Cc4nc(-c5cccc(C(F)(F)F)c5)no4)CC3)n2)cc1. The Kier molecular flexibility index (Phi) is 6.35. The van der Waals surface area contributed by atoms with Crippen molar-refractivity contribution in [2.75, 3.05) is 26.2 Å². The number of halogens is 3. The fourth-order valence-electron chi connectivity index (χ4n) is 3.90. The molecule has 0 N–H and O–H groups in total. The van der Waals surface area contributed by atoms with Crippen molar-refractivity contribution in [1.29, 1.82) is 0 Å². The van der Waals surface area contributed by atoms with Crippen LogP contribution in [-0.2, 0) is 19.3 Å². The van der Waals surface area contributed by atoms with Crippen molar-refractivity contribution in [2.45, 2.75) is 26.2 Å². The maximum absolute atomic E-state index is 13.0. The average molecular weight is 484 g/mol. The molecule has 8 nitrogen and oxygen atoms in total. The highest BCUT2D eigenvalue weighted by molar-refractivity contribution is 5.56. The van der Waals surface area contributed by atoms with Crippen LogP contribution < -0.4 is 0 Å². The van der Waals surface area contributed by atoms with Crippen molar-refractivity contribution >= 4 is 0 Å². The van der Waals surface area contributed by atoms with Gasteiger partial charge in [0, 0.05) is 37.3 Å². The maximum Gasteiger partial charge on any atom is 0.416 e. The van der Waals surface area contributed by atoms with Crippen LogP contribution in [0.4, 0.5) is 13.2 Å². The lowest BCUT2D eigenvalue weighted by atomic mass is 10.1. The van der Waals surface area contributed by atoms with Crippen LogP contribution in [-0.4, -0.2) is 56.3 Å². The van der Waals surface area contributed by atoms with E-state index in [4.69, 9.17) is 9.05 Å². The molecule has 0 saturated carbocycles. The average Bonchev–Trinajstić information content (AvgIpc) is 3.50. The summed E-state index contributed by atoms with van der Waals surface area (Å²) in [4.78, 5) is 13.2. The predicted octanol–water partition coefficient (Wildman–Crippen LogP) is 4.43. The zero-order chi connectivity index (χ0) is 24.4. The van der Waals surface area contributed by atoms with Gasteiger partial charge in [-0.15, -0.1) is 0 Å². The van der Waals surface area contributed by atoms with Crippen LogP contribution in [0.1, 0.15) is 22.9 Å². The van der Waals surface area contributed by atoms with E-state index in [0.29, 0.717) is 30.7 Å². The van der Waals surface area contributed by atoms with Crippen LogP contribution in [0.2, 0.25) is 0 Å². The van der Waals surface area contributed by atoms with E-state index in [1.165, 1.54) is 17.7 Å². The van der Waals surface area contributed by atoms with E-state index < -0.39 is 11.7 Å². The molecule has 0 atom stereocenters. The van der Waals surface area contributed by atoms with Crippen molar-refractivity contribution in [3.05, 3.63) is 71.4 Å². The van der Waals surface area contributed by atoms with Crippen molar-refractivity contribution in [3.63, 3.8) is 0 Å². The van der Waals surface area contributed by atoms with Gasteiger partial charge in [-0.3, -0.25) is 9.80 Å². The Morgan fingerprint density at radius 2 is 1.31 bits per heavy atom. The molecule has 0 amide bonds. The number of alkyl halides is 3. The molecule has 0 radical (unpaired) electrons. The number of rotatable bonds is 6. The van der Waals surface area contributed by atoms with E-state index in [2.05, 4.69) is 30.1 Å².